The van der Waals surface area contributed by atoms with Gasteiger partial charge >= 0.3 is 6.85 Å². The Hall–Kier alpha value is -3.26. The highest BCUT2D eigenvalue weighted by Gasteiger charge is 2.38. The number of anilines is 1. The van der Waals surface area contributed by atoms with E-state index in [-0.39, 0.29) is 6.85 Å². The highest BCUT2D eigenvalue weighted by atomic mass is 15.1. The van der Waals surface area contributed by atoms with E-state index in [1.165, 1.54) is 49.6 Å². The molecular weight excluding hydrogens is 325 g/mol. The van der Waals surface area contributed by atoms with Crippen LogP contribution in [0, 0.1) is 6.92 Å². The first kappa shape index (κ1) is 14.9. The molecule has 0 saturated heterocycles. The summed E-state index contributed by atoms with van der Waals surface area (Å²) >= 11 is 0. The van der Waals surface area contributed by atoms with Crippen molar-refractivity contribution >= 4 is 40.3 Å². The first-order valence-corrected chi connectivity index (χ1v) is 9.49. The van der Waals surface area contributed by atoms with E-state index in [0.29, 0.717) is 0 Å². The van der Waals surface area contributed by atoms with Gasteiger partial charge in [0.05, 0.1) is 0 Å². The highest BCUT2D eigenvalue weighted by Crippen LogP contribution is 2.41. The lowest BCUT2D eigenvalue weighted by Crippen LogP contribution is -2.59. The van der Waals surface area contributed by atoms with E-state index < -0.39 is 0 Å². The average molecular weight is 343 g/mol. The molecule has 0 atom stereocenters. The van der Waals surface area contributed by atoms with Crippen LogP contribution in [-0.2, 0) is 0 Å². The molecule has 0 aliphatic carbocycles. The number of fused-ring (bicyclic) bond motifs is 10. The van der Waals surface area contributed by atoms with Crippen LogP contribution >= 0.6 is 0 Å². The van der Waals surface area contributed by atoms with Crippen molar-refractivity contribution < 1.29 is 0 Å². The van der Waals surface area contributed by atoms with Gasteiger partial charge in [-0.25, -0.2) is 0 Å². The predicted molar refractivity (Wildman–Crippen MR) is 117 cm³/mol. The minimum absolute atomic E-state index is 0.232. The monoisotopic (exact) mass is 343 g/mol. The second-order valence-electron chi connectivity index (χ2n) is 7.53. The second-order valence-corrected chi connectivity index (χ2v) is 7.53. The van der Waals surface area contributed by atoms with Gasteiger partial charge in [-0.05, 0) is 58.1 Å². The number of nitrogens with zero attached hydrogens (tertiary/aromatic N) is 1. The molecular formula is C25H18BN. The second kappa shape index (κ2) is 5.37. The Morgan fingerprint density at radius 2 is 1.63 bits per heavy atom. The third kappa shape index (κ3) is 2.01. The van der Waals surface area contributed by atoms with Gasteiger partial charge in [0.15, 0.2) is 0 Å². The van der Waals surface area contributed by atoms with Gasteiger partial charge in [0.1, 0.15) is 0 Å². The quantitative estimate of drug-likeness (QED) is 0.418. The Bertz CT molecular complexity index is 1250. The fraction of sp³-hybridized carbons (Fsp3) is 0.0400. The fourth-order valence-corrected chi connectivity index (χ4v) is 4.74. The first-order chi connectivity index (χ1) is 13.3. The maximum Gasteiger partial charge on any atom is 0.328 e. The average Bonchev–Trinajstić information content (AvgIpc) is 2.72. The lowest BCUT2D eigenvalue weighted by Gasteiger charge is -2.39. The Kier molecular flexibility index (Phi) is 2.96. The van der Waals surface area contributed by atoms with Crippen LogP contribution in [0.3, 0.4) is 0 Å². The number of rotatable bonds is 0. The largest absolute Gasteiger partial charge is 0.382 e. The Balaban J connectivity index is 1.72. The van der Waals surface area contributed by atoms with Crippen molar-refractivity contribution in [1.29, 1.82) is 0 Å². The van der Waals surface area contributed by atoms with E-state index in [2.05, 4.69) is 103 Å². The van der Waals surface area contributed by atoms with Gasteiger partial charge in [0.2, 0.25) is 0 Å². The topological polar surface area (TPSA) is 3.24 Å². The summed E-state index contributed by atoms with van der Waals surface area (Å²) in [4.78, 5) is 2.45. The number of aryl methyl sites for hydroxylation is 1. The molecule has 126 valence electrons. The summed E-state index contributed by atoms with van der Waals surface area (Å²) in [6, 6.07) is 29.0. The minimum atomic E-state index is 0.232. The maximum absolute atomic E-state index is 2.45. The van der Waals surface area contributed by atoms with Crippen molar-refractivity contribution in [1.82, 2.24) is 0 Å². The van der Waals surface area contributed by atoms with Crippen molar-refractivity contribution in [2.45, 2.75) is 6.92 Å². The third-order valence-electron chi connectivity index (χ3n) is 5.94. The van der Waals surface area contributed by atoms with Gasteiger partial charge in [0.25, 0.3) is 0 Å². The van der Waals surface area contributed by atoms with E-state index in [9.17, 15) is 0 Å². The van der Waals surface area contributed by atoms with Crippen molar-refractivity contribution in [3.63, 3.8) is 0 Å². The molecule has 6 rings (SSSR count). The van der Waals surface area contributed by atoms with E-state index in [4.69, 9.17) is 0 Å². The molecule has 27 heavy (non-hydrogen) atoms. The normalized spacial score (nSPS) is 13.8. The zero-order chi connectivity index (χ0) is 18.0. The molecule has 0 fully saturated rings. The summed E-state index contributed by atoms with van der Waals surface area (Å²) < 4.78 is 0. The van der Waals surface area contributed by atoms with Crippen LogP contribution in [0.1, 0.15) is 11.1 Å². The van der Waals surface area contributed by atoms with Crippen molar-refractivity contribution in [2.75, 3.05) is 4.81 Å². The van der Waals surface area contributed by atoms with Crippen LogP contribution in [0.5, 0.6) is 0 Å². The lowest BCUT2D eigenvalue weighted by molar-refractivity contribution is 1.37. The standard InChI is InChI=1S/C25H18BN/c1-17-10-12-22-19(16-17)14-15-27-24-13-11-18-6-2-3-7-20(18)25(24)21-8-4-5-9-23(21)26(22)27/h2-16H,1H3. The maximum atomic E-state index is 2.45. The molecule has 0 spiro atoms. The SMILES string of the molecule is Cc1ccc2c(c1)C=CN1B2c2ccccc2-c2c1ccc1ccccc21. The summed E-state index contributed by atoms with van der Waals surface area (Å²) in [6.07, 6.45) is 4.52. The molecule has 0 unspecified atom stereocenters. The van der Waals surface area contributed by atoms with E-state index in [1.807, 2.05) is 0 Å². The van der Waals surface area contributed by atoms with Gasteiger partial charge in [-0.2, -0.15) is 0 Å². The van der Waals surface area contributed by atoms with Crippen LogP contribution in [0.15, 0.2) is 85.1 Å². The molecule has 0 radical (unpaired) electrons. The van der Waals surface area contributed by atoms with Gasteiger partial charge in [-0.15, -0.1) is 0 Å². The van der Waals surface area contributed by atoms with E-state index in [0.717, 1.165) is 0 Å². The lowest BCUT2D eigenvalue weighted by atomic mass is 9.44. The molecule has 0 bridgehead atoms. The van der Waals surface area contributed by atoms with Crippen molar-refractivity contribution in [2.24, 2.45) is 0 Å². The Labute approximate surface area is 159 Å². The van der Waals surface area contributed by atoms with E-state index >= 15 is 0 Å². The summed E-state index contributed by atoms with van der Waals surface area (Å²) in [5, 5.41) is 2.62. The first-order valence-electron chi connectivity index (χ1n) is 9.49. The van der Waals surface area contributed by atoms with E-state index in [1.54, 1.807) is 0 Å². The molecule has 0 amide bonds. The van der Waals surface area contributed by atoms with Gasteiger partial charge in [-0.1, -0.05) is 78.4 Å². The smallest absolute Gasteiger partial charge is 0.328 e. The number of benzene rings is 4. The minimum Gasteiger partial charge on any atom is -0.382 e. The molecule has 0 aromatic heterocycles. The summed E-state index contributed by atoms with van der Waals surface area (Å²) in [6.45, 7) is 2.40. The van der Waals surface area contributed by atoms with Crippen LogP contribution < -0.4 is 15.7 Å². The van der Waals surface area contributed by atoms with Crippen LogP contribution in [0.2, 0.25) is 0 Å². The zero-order valence-corrected chi connectivity index (χ0v) is 15.2. The number of hydrogen-bond donors (Lipinski definition) is 0. The summed E-state index contributed by atoms with van der Waals surface area (Å²) in [5.74, 6) is 0. The molecule has 0 saturated carbocycles. The number of hydrogen-bond acceptors (Lipinski definition) is 1. The Morgan fingerprint density at radius 3 is 2.59 bits per heavy atom. The van der Waals surface area contributed by atoms with Crippen molar-refractivity contribution in [3.8, 4) is 11.1 Å². The molecule has 1 nitrogen and oxygen atoms in total. The van der Waals surface area contributed by atoms with Crippen LogP contribution in [0.25, 0.3) is 28.0 Å². The van der Waals surface area contributed by atoms with Crippen molar-refractivity contribution in [3.05, 3.63) is 96.2 Å². The molecule has 4 aromatic carbocycles. The molecule has 2 heterocycles. The molecule has 4 aromatic rings. The zero-order valence-electron chi connectivity index (χ0n) is 15.2. The highest BCUT2D eigenvalue weighted by molar-refractivity contribution is 6.91. The van der Waals surface area contributed by atoms with Crippen LogP contribution in [-0.4, -0.2) is 6.85 Å². The molecule has 2 aliphatic heterocycles. The van der Waals surface area contributed by atoms with Crippen LogP contribution in [0.4, 0.5) is 5.69 Å². The molecule has 2 heteroatoms. The summed E-state index contributed by atoms with van der Waals surface area (Å²) in [5.41, 5.74) is 9.40. The van der Waals surface area contributed by atoms with Gasteiger partial charge in [-0.3, -0.25) is 0 Å². The molecule has 0 N–H and O–H groups in total. The Morgan fingerprint density at radius 1 is 0.778 bits per heavy atom. The fourth-order valence-electron chi connectivity index (χ4n) is 4.74. The predicted octanol–water partition coefficient (Wildman–Crippen LogP) is 4.73. The van der Waals surface area contributed by atoms with Gasteiger partial charge in [0, 0.05) is 11.3 Å². The molecule has 2 aliphatic rings. The summed E-state index contributed by atoms with van der Waals surface area (Å²) in [7, 11) is 0. The third-order valence-corrected chi connectivity index (χ3v) is 5.94. The van der Waals surface area contributed by atoms with Gasteiger partial charge < -0.3 is 4.81 Å².